The third-order valence-electron chi connectivity index (χ3n) is 5.33. The van der Waals surface area contributed by atoms with Crippen LogP contribution in [0, 0.1) is 0 Å². The highest BCUT2D eigenvalue weighted by molar-refractivity contribution is 7.21. The van der Waals surface area contributed by atoms with Gasteiger partial charge in [-0.3, -0.25) is 4.99 Å². The number of hydrogen-bond donors (Lipinski definition) is 5. The number of anilines is 1. The Morgan fingerprint density at radius 1 is 1.21 bits per heavy atom. The Morgan fingerprint density at radius 2 is 1.88 bits per heavy atom. The average Bonchev–Trinajstić information content (AvgIpc) is 3.20. The third kappa shape index (κ3) is 5.92. The number of amidine groups is 1. The summed E-state index contributed by atoms with van der Waals surface area (Å²) in [5.74, 6) is -0.457. The number of halogens is 1. The number of nitrogens with two attached hydrogens (primary N) is 1. The number of hydrogen-bond acceptors (Lipinski definition) is 7. The Hall–Kier alpha value is -2.56. The summed E-state index contributed by atoms with van der Waals surface area (Å²) < 4.78 is 0. The van der Waals surface area contributed by atoms with Gasteiger partial charge < -0.3 is 26.4 Å². The number of rotatable bonds is 6. The minimum absolute atomic E-state index is 0.0692. The second-order valence-electron chi connectivity index (χ2n) is 7.75. The number of nitrogens with one attached hydrogen (secondary N) is 1. The molecule has 1 aliphatic carbocycles. The van der Waals surface area contributed by atoms with Crippen LogP contribution in [0.15, 0.2) is 29.3 Å². The number of thiophene rings is 1. The monoisotopic (exact) mass is 504 g/mol. The fourth-order valence-electron chi connectivity index (χ4n) is 3.93. The van der Waals surface area contributed by atoms with Crippen LogP contribution in [0.1, 0.15) is 40.7 Å². The highest BCUT2D eigenvalue weighted by Gasteiger charge is 2.27. The van der Waals surface area contributed by atoms with Crippen molar-refractivity contribution in [2.75, 3.05) is 31.6 Å². The molecular weight excluding hydrogens is 476 g/mol. The molecule has 34 heavy (non-hydrogen) atoms. The van der Waals surface area contributed by atoms with Gasteiger partial charge in [-0.15, -0.1) is 11.3 Å². The number of aliphatic hydroxyl groups excluding tert-OH is 2. The van der Waals surface area contributed by atoms with Crippen LogP contribution in [0.3, 0.4) is 0 Å². The lowest BCUT2D eigenvalue weighted by molar-refractivity contribution is 0.0703. The number of aryl methyl sites for hydroxylation is 1. The summed E-state index contributed by atoms with van der Waals surface area (Å²) in [6, 6.07) is 7.65. The van der Waals surface area contributed by atoms with Crippen molar-refractivity contribution >= 4 is 50.6 Å². The summed E-state index contributed by atoms with van der Waals surface area (Å²) in [6.45, 7) is 2.42. The molecule has 1 aromatic carbocycles. The van der Waals surface area contributed by atoms with Gasteiger partial charge in [-0.2, -0.15) is 0 Å². The van der Waals surface area contributed by atoms with Gasteiger partial charge in [-0.1, -0.05) is 23.7 Å². The Morgan fingerprint density at radius 3 is 2.50 bits per heavy atom. The quantitative estimate of drug-likeness (QED) is 0.253. The lowest BCUT2D eigenvalue weighted by Gasteiger charge is -2.21. The lowest BCUT2D eigenvalue weighted by atomic mass is 9.87. The van der Waals surface area contributed by atoms with Gasteiger partial charge in [0.15, 0.2) is 0 Å². The second-order valence-corrected chi connectivity index (χ2v) is 9.18. The zero-order valence-corrected chi connectivity index (χ0v) is 20.5. The molecule has 8 nitrogen and oxygen atoms in total. The number of pyridine rings is 1. The molecule has 6 N–H and O–H groups in total. The van der Waals surface area contributed by atoms with Crippen molar-refractivity contribution in [2.45, 2.75) is 32.6 Å². The molecule has 0 bridgehead atoms. The van der Waals surface area contributed by atoms with E-state index < -0.39 is 5.97 Å². The van der Waals surface area contributed by atoms with Gasteiger partial charge in [-0.05, 0) is 61.4 Å². The molecule has 2 aromatic heterocycles. The Labute approximate surface area is 207 Å². The Kier molecular flexibility index (Phi) is 9.37. The van der Waals surface area contributed by atoms with Crippen LogP contribution in [0.25, 0.3) is 21.3 Å². The summed E-state index contributed by atoms with van der Waals surface area (Å²) in [5, 5.41) is 31.3. The van der Waals surface area contributed by atoms with Crippen LogP contribution >= 0.6 is 22.9 Å². The fraction of sp³-hybridized carbons (Fsp3) is 0.375. The first-order valence-corrected chi connectivity index (χ1v) is 12.3. The van der Waals surface area contributed by atoms with Gasteiger partial charge >= 0.3 is 5.97 Å². The van der Waals surface area contributed by atoms with E-state index in [0.29, 0.717) is 27.9 Å². The molecular formula is C24H29ClN4O4S. The van der Waals surface area contributed by atoms with Crippen LogP contribution < -0.4 is 11.1 Å². The fourth-order valence-corrected chi connectivity index (χ4v) is 5.05. The van der Waals surface area contributed by atoms with E-state index in [9.17, 15) is 9.90 Å². The third-order valence-corrected chi connectivity index (χ3v) is 6.65. The molecule has 0 saturated heterocycles. The molecule has 0 spiro atoms. The number of aromatic nitrogens is 1. The maximum Gasteiger partial charge on any atom is 0.348 e. The molecule has 0 unspecified atom stereocenters. The Bertz CT molecular complexity index is 1180. The van der Waals surface area contributed by atoms with Crippen LogP contribution in [0.4, 0.5) is 5.69 Å². The molecule has 0 aliphatic heterocycles. The van der Waals surface area contributed by atoms with Crippen molar-refractivity contribution in [1.29, 1.82) is 0 Å². The van der Waals surface area contributed by atoms with Crippen molar-refractivity contribution < 1.29 is 20.1 Å². The topological polar surface area (TPSA) is 141 Å². The lowest BCUT2D eigenvalue weighted by Crippen LogP contribution is -2.12. The van der Waals surface area contributed by atoms with Gasteiger partial charge in [0, 0.05) is 22.6 Å². The summed E-state index contributed by atoms with van der Waals surface area (Å²) in [6.07, 6.45) is 3.97. The Balaban J connectivity index is 0.000000751. The highest BCUT2D eigenvalue weighted by atomic mass is 35.5. The number of carbonyl (C=O) groups is 1. The molecule has 0 fully saturated rings. The first kappa shape index (κ1) is 26.1. The number of carboxylic acids is 1. The number of aliphatic imine (C=N–C) groups is 1. The van der Waals surface area contributed by atoms with Gasteiger partial charge in [-0.25, -0.2) is 9.78 Å². The maximum absolute atomic E-state index is 12.0. The highest BCUT2D eigenvalue weighted by Crippen LogP contribution is 2.45. The van der Waals surface area contributed by atoms with Crippen molar-refractivity contribution in [1.82, 2.24) is 4.98 Å². The number of fused-ring (bicyclic) bond motifs is 2. The molecule has 2 heterocycles. The largest absolute Gasteiger partial charge is 0.477 e. The van der Waals surface area contributed by atoms with E-state index in [1.54, 1.807) is 6.92 Å². The van der Waals surface area contributed by atoms with Crippen molar-refractivity contribution in [3.8, 4) is 11.1 Å². The number of aliphatic hydroxyl groups is 2. The minimum atomic E-state index is -1.00. The second kappa shape index (κ2) is 12.2. The van der Waals surface area contributed by atoms with Crippen molar-refractivity contribution in [3.05, 3.63) is 45.4 Å². The first-order valence-electron chi connectivity index (χ1n) is 11.1. The van der Waals surface area contributed by atoms with Crippen LogP contribution in [0.5, 0.6) is 0 Å². The smallest absolute Gasteiger partial charge is 0.348 e. The normalized spacial score (nSPS) is 13.3. The summed E-state index contributed by atoms with van der Waals surface area (Å²) in [7, 11) is 0. The van der Waals surface area contributed by atoms with Gasteiger partial charge in [0.05, 0.1) is 31.3 Å². The van der Waals surface area contributed by atoms with Crippen LogP contribution in [-0.4, -0.2) is 58.4 Å². The van der Waals surface area contributed by atoms with E-state index in [-0.39, 0.29) is 24.6 Å². The van der Waals surface area contributed by atoms with Crippen molar-refractivity contribution in [2.24, 2.45) is 10.7 Å². The zero-order valence-electron chi connectivity index (χ0n) is 19.0. The van der Waals surface area contributed by atoms with E-state index in [2.05, 4.69) is 10.3 Å². The van der Waals surface area contributed by atoms with E-state index in [1.807, 2.05) is 24.3 Å². The summed E-state index contributed by atoms with van der Waals surface area (Å²) >= 11 is 7.30. The van der Waals surface area contributed by atoms with E-state index in [4.69, 9.17) is 32.5 Å². The van der Waals surface area contributed by atoms with E-state index in [1.165, 1.54) is 16.9 Å². The average molecular weight is 505 g/mol. The summed E-state index contributed by atoms with van der Waals surface area (Å²) in [4.78, 5) is 22.1. The molecule has 3 aromatic rings. The predicted octanol–water partition coefficient (Wildman–Crippen LogP) is 3.95. The van der Waals surface area contributed by atoms with Gasteiger partial charge in [0.1, 0.15) is 9.71 Å². The molecule has 10 heteroatoms. The first-order chi connectivity index (χ1) is 16.4. The zero-order chi connectivity index (χ0) is 24.7. The number of aromatic carboxylic acids is 1. The standard InChI is InChI=1S/C22H22ClN3O3S.C2H7NO/c1-12(24-10-11-27)25-19-18-17(13-6-8-14(23)9-7-13)15-4-2-3-5-16(15)26-21(18)30-20(19)22(28)29;3-1-2-4/h6-9,27H,2-5,10-11H2,1H3,(H,24,25)(H,28,29);4H,1-3H2. The van der Waals surface area contributed by atoms with E-state index >= 15 is 0 Å². The SMILES string of the molecule is CC(=NCCO)Nc1c(C(=O)O)sc2nc3c(c(-c4ccc(Cl)cc4)c12)CCCC3.NCCO. The molecule has 0 radical (unpaired) electrons. The summed E-state index contributed by atoms with van der Waals surface area (Å²) in [5.41, 5.74) is 9.53. The van der Waals surface area contributed by atoms with Crippen LogP contribution in [0.2, 0.25) is 5.02 Å². The molecule has 4 rings (SSSR count). The van der Waals surface area contributed by atoms with Gasteiger partial charge in [0.25, 0.3) is 0 Å². The maximum atomic E-state index is 12.0. The molecule has 0 saturated carbocycles. The number of carboxylic acid groups (broad SMARTS) is 1. The predicted molar refractivity (Wildman–Crippen MR) is 138 cm³/mol. The van der Waals surface area contributed by atoms with E-state index in [0.717, 1.165) is 47.9 Å². The molecule has 0 amide bonds. The number of benzene rings is 1. The van der Waals surface area contributed by atoms with Crippen LogP contribution in [-0.2, 0) is 12.8 Å². The molecule has 0 atom stereocenters. The number of nitrogens with zero attached hydrogens (tertiary/aromatic N) is 2. The van der Waals surface area contributed by atoms with Gasteiger partial charge in [0.2, 0.25) is 0 Å². The van der Waals surface area contributed by atoms with Crippen molar-refractivity contribution in [3.63, 3.8) is 0 Å². The molecule has 182 valence electrons. The minimum Gasteiger partial charge on any atom is -0.477 e. The molecule has 1 aliphatic rings.